The standard InChI is InChI=1S/C17H21NO2S/c1-16(2)11-17(12-19,18-10-13-6-5-9-21-13)14-7-3-4-8-15(14)20-16/h3-9,18-19H,10-12H2,1-2H3. The zero-order chi connectivity index (χ0) is 14.9. The number of hydrogen-bond donors (Lipinski definition) is 2. The van der Waals surface area contributed by atoms with Crippen LogP contribution in [-0.4, -0.2) is 17.3 Å². The van der Waals surface area contributed by atoms with E-state index in [4.69, 9.17) is 4.74 Å². The lowest BCUT2D eigenvalue weighted by Gasteiger charge is -2.45. The van der Waals surface area contributed by atoms with Crippen LogP contribution in [0.2, 0.25) is 0 Å². The largest absolute Gasteiger partial charge is 0.487 e. The van der Waals surface area contributed by atoms with Gasteiger partial charge in [-0.2, -0.15) is 0 Å². The second-order valence-corrected chi connectivity index (χ2v) is 7.24. The monoisotopic (exact) mass is 303 g/mol. The van der Waals surface area contributed by atoms with Crippen molar-refractivity contribution in [3.63, 3.8) is 0 Å². The Morgan fingerprint density at radius 2 is 2.05 bits per heavy atom. The molecule has 1 aliphatic heterocycles. The summed E-state index contributed by atoms with van der Waals surface area (Å²) in [7, 11) is 0. The molecule has 0 amide bonds. The fourth-order valence-electron chi connectivity index (χ4n) is 3.13. The summed E-state index contributed by atoms with van der Waals surface area (Å²) in [6.45, 7) is 4.95. The zero-order valence-corrected chi connectivity index (χ0v) is 13.2. The second-order valence-electron chi connectivity index (χ2n) is 6.21. The average molecular weight is 303 g/mol. The van der Waals surface area contributed by atoms with Gasteiger partial charge in [-0.3, -0.25) is 0 Å². The second kappa shape index (κ2) is 5.44. The Balaban J connectivity index is 1.95. The molecule has 112 valence electrons. The molecule has 1 aromatic heterocycles. The van der Waals surface area contributed by atoms with Crippen molar-refractivity contribution in [1.82, 2.24) is 5.32 Å². The molecule has 2 heterocycles. The van der Waals surface area contributed by atoms with Crippen LogP contribution in [0.3, 0.4) is 0 Å². The normalized spacial score (nSPS) is 23.4. The van der Waals surface area contributed by atoms with Crippen molar-refractivity contribution in [2.45, 2.75) is 38.0 Å². The fraction of sp³-hybridized carbons (Fsp3) is 0.412. The van der Waals surface area contributed by atoms with Crippen molar-refractivity contribution in [1.29, 1.82) is 0 Å². The van der Waals surface area contributed by atoms with E-state index in [1.54, 1.807) is 11.3 Å². The van der Waals surface area contributed by atoms with Crippen LogP contribution in [0, 0.1) is 0 Å². The first-order valence-electron chi connectivity index (χ1n) is 7.21. The molecule has 2 N–H and O–H groups in total. The lowest BCUT2D eigenvalue weighted by Crippen LogP contribution is -2.54. The number of ether oxygens (including phenoxy) is 1. The van der Waals surface area contributed by atoms with Crippen LogP contribution in [0.5, 0.6) is 5.75 Å². The van der Waals surface area contributed by atoms with Crippen LogP contribution >= 0.6 is 11.3 Å². The van der Waals surface area contributed by atoms with E-state index >= 15 is 0 Å². The first kappa shape index (κ1) is 14.6. The maximum atomic E-state index is 10.1. The molecule has 0 fully saturated rings. The van der Waals surface area contributed by atoms with Crippen molar-refractivity contribution >= 4 is 11.3 Å². The Labute approximate surface area is 129 Å². The Hall–Kier alpha value is -1.36. The highest BCUT2D eigenvalue weighted by Crippen LogP contribution is 2.43. The molecule has 3 nitrogen and oxygen atoms in total. The molecule has 0 spiro atoms. The summed E-state index contributed by atoms with van der Waals surface area (Å²) in [5, 5.41) is 15.8. The van der Waals surface area contributed by atoms with E-state index in [2.05, 4.69) is 36.7 Å². The number of thiophene rings is 1. The molecule has 2 aromatic rings. The third-order valence-electron chi connectivity index (χ3n) is 3.97. The third-order valence-corrected chi connectivity index (χ3v) is 4.84. The lowest BCUT2D eigenvalue weighted by atomic mass is 9.78. The van der Waals surface area contributed by atoms with Gasteiger partial charge >= 0.3 is 0 Å². The first-order chi connectivity index (χ1) is 10.0. The molecule has 0 saturated carbocycles. The van der Waals surface area contributed by atoms with Gasteiger partial charge in [-0.05, 0) is 31.4 Å². The van der Waals surface area contributed by atoms with Gasteiger partial charge in [0.2, 0.25) is 0 Å². The molecule has 0 bridgehead atoms. The van der Waals surface area contributed by atoms with Gasteiger partial charge in [-0.25, -0.2) is 0 Å². The maximum Gasteiger partial charge on any atom is 0.125 e. The number of para-hydroxylation sites is 1. The number of benzene rings is 1. The summed E-state index contributed by atoms with van der Waals surface area (Å²) in [6, 6.07) is 12.2. The van der Waals surface area contributed by atoms with Gasteiger partial charge < -0.3 is 15.2 Å². The smallest absolute Gasteiger partial charge is 0.125 e. The lowest BCUT2D eigenvalue weighted by molar-refractivity contribution is 0.00814. The van der Waals surface area contributed by atoms with Crippen LogP contribution in [0.4, 0.5) is 0 Å². The van der Waals surface area contributed by atoms with E-state index in [-0.39, 0.29) is 12.2 Å². The SMILES string of the molecule is CC1(C)CC(CO)(NCc2cccs2)c2ccccc2O1. The van der Waals surface area contributed by atoms with E-state index in [0.29, 0.717) is 0 Å². The molecule has 0 radical (unpaired) electrons. The maximum absolute atomic E-state index is 10.1. The first-order valence-corrected chi connectivity index (χ1v) is 8.09. The van der Waals surface area contributed by atoms with Gasteiger partial charge in [0.05, 0.1) is 12.1 Å². The highest BCUT2D eigenvalue weighted by Gasteiger charge is 2.44. The van der Waals surface area contributed by atoms with Crippen LogP contribution in [0.25, 0.3) is 0 Å². The van der Waals surface area contributed by atoms with Gasteiger partial charge in [-0.15, -0.1) is 11.3 Å². The van der Waals surface area contributed by atoms with Gasteiger partial charge in [0.25, 0.3) is 0 Å². The number of hydrogen-bond acceptors (Lipinski definition) is 4. The summed E-state index contributed by atoms with van der Waals surface area (Å²) in [4.78, 5) is 1.27. The van der Waals surface area contributed by atoms with Crippen molar-refractivity contribution in [3.05, 3.63) is 52.2 Å². The molecule has 1 unspecified atom stereocenters. The third kappa shape index (κ3) is 2.84. The van der Waals surface area contributed by atoms with Crippen molar-refractivity contribution in [2.75, 3.05) is 6.61 Å². The number of aliphatic hydroxyl groups excluding tert-OH is 1. The van der Waals surface area contributed by atoms with E-state index in [1.165, 1.54) is 4.88 Å². The van der Waals surface area contributed by atoms with E-state index < -0.39 is 5.54 Å². The minimum atomic E-state index is -0.456. The van der Waals surface area contributed by atoms with E-state index in [0.717, 1.165) is 24.3 Å². The van der Waals surface area contributed by atoms with E-state index in [9.17, 15) is 5.11 Å². The van der Waals surface area contributed by atoms with Gasteiger partial charge in [0.1, 0.15) is 11.4 Å². The molecular weight excluding hydrogens is 282 g/mol. The molecular formula is C17H21NO2S. The molecule has 1 atom stereocenters. The fourth-order valence-corrected chi connectivity index (χ4v) is 3.78. The van der Waals surface area contributed by atoms with Gasteiger partial charge in [0.15, 0.2) is 0 Å². The minimum absolute atomic E-state index is 0.0577. The summed E-state index contributed by atoms with van der Waals surface area (Å²) < 4.78 is 6.06. The summed E-state index contributed by atoms with van der Waals surface area (Å²) in [6.07, 6.45) is 0.735. The van der Waals surface area contributed by atoms with Crippen molar-refractivity contribution in [3.8, 4) is 5.75 Å². The molecule has 0 saturated heterocycles. The zero-order valence-electron chi connectivity index (χ0n) is 12.4. The predicted molar refractivity (Wildman–Crippen MR) is 85.7 cm³/mol. The van der Waals surface area contributed by atoms with Crippen molar-refractivity contribution < 1.29 is 9.84 Å². The molecule has 1 aromatic carbocycles. The van der Waals surface area contributed by atoms with E-state index in [1.807, 2.05) is 24.3 Å². The number of aliphatic hydroxyl groups is 1. The molecule has 1 aliphatic rings. The Morgan fingerprint density at radius 3 is 2.76 bits per heavy atom. The highest BCUT2D eigenvalue weighted by atomic mass is 32.1. The topological polar surface area (TPSA) is 41.5 Å². The van der Waals surface area contributed by atoms with Crippen molar-refractivity contribution in [2.24, 2.45) is 0 Å². The summed E-state index contributed by atoms with van der Waals surface area (Å²) >= 11 is 1.73. The van der Waals surface area contributed by atoms with Crippen LogP contribution in [-0.2, 0) is 12.1 Å². The van der Waals surface area contributed by atoms with Gasteiger partial charge in [0, 0.05) is 23.4 Å². The average Bonchev–Trinajstić information content (AvgIpc) is 2.97. The summed E-state index contributed by atoms with van der Waals surface area (Å²) in [5.74, 6) is 0.862. The minimum Gasteiger partial charge on any atom is -0.487 e. The highest BCUT2D eigenvalue weighted by molar-refractivity contribution is 7.09. The van der Waals surface area contributed by atoms with Crippen LogP contribution < -0.4 is 10.1 Å². The van der Waals surface area contributed by atoms with Crippen LogP contribution in [0.1, 0.15) is 30.7 Å². The van der Waals surface area contributed by atoms with Crippen LogP contribution in [0.15, 0.2) is 41.8 Å². The number of nitrogens with one attached hydrogen (secondary N) is 1. The molecule has 21 heavy (non-hydrogen) atoms. The Morgan fingerprint density at radius 1 is 1.24 bits per heavy atom. The molecule has 3 rings (SSSR count). The quantitative estimate of drug-likeness (QED) is 0.911. The Kier molecular flexibility index (Phi) is 3.78. The predicted octanol–water partition coefficient (Wildman–Crippen LogP) is 3.29. The number of rotatable bonds is 4. The van der Waals surface area contributed by atoms with Gasteiger partial charge in [-0.1, -0.05) is 24.3 Å². The molecule has 0 aliphatic carbocycles. The summed E-state index contributed by atoms with van der Waals surface area (Å²) in [5.41, 5.74) is 0.283. The molecule has 4 heteroatoms. The Bertz CT molecular complexity index is 609. The number of fused-ring (bicyclic) bond motifs is 1.